The largest absolute Gasteiger partial charge is 0.490 e. The van der Waals surface area contributed by atoms with E-state index in [4.69, 9.17) is 13.9 Å². The molecule has 0 bridgehead atoms. The van der Waals surface area contributed by atoms with E-state index in [2.05, 4.69) is 4.98 Å². The van der Waals surface area contributed by atoms with Crippen LogP contribution in [0, 0.1) is 6.92 Å². The number of carbonyl (C=O) groups is 1. The van der Waals surface area contributed by atoms with Crippen molar-refractivity contribution in [1.29, 1.82) is 0 Å². The van der Waals surface area contributed by atoms with Gasteiger partial charge < -0.3 is 13.9 Å². The number of carbonyl (C=O) groups excluding carboxylic acids is 1. The van der Waals surface area contributed by atoms with E-state index >= 15 is 0 Å². The Balaban J connectivity index is 1.76. The molecule has 0 radical (unpaired) electrons. The van der Waals surface area contributed by atoms with Crippen LogP contribution >= 0.6 is 0 Å². The van der Waals surface area contributed by atoms with Crippen LogP contribution in [0.4, 0.5) is 5.82 Å². The van der Waals surface area contributed by atoms with Crippen molar-refractivity contribution in [3.05, 3.63) is 93.5 Å². The highest BCUT2D eigenvalue weighted by Gasteiger charge is 2.44. The summed E-state index contributed by atoms with van der Waals surface area (Å²) < 4.78 is 17.5. The lowest BCUT2D eigenvalue weighted by atomic mass is 9.98. The fourth-order valence-electron chi connectivity index (χ4n) is 4.31. The van der Waals surface area contributed by atoms with Crippen LogP contribution in [0.1, 0.15) is 47.1 Å². The molecule has 4 aromatic rings. The van der Waals surface area contributed by atoms with E-state index in [0.717, 1.165) is 5.56 Å². The third-order valence-electron chi connectivity index (χ3n) is 5.80. The molecular weight excluding hydrogens is 432 g/mol. The summed E-state index contributed by atoms with van der Waals surface area (Å²) >= 11 is 0. The second-order valence-corrected chi connectivity index (χ2v) is 8.01. The molecule has 0 saturated heterocycles. The number of pyridine rings is 1. The predicted molar refractivity (Wildman–Crippen MR) is 129 cm³/mol. The summed E-state index contributed by atoms with van der Waals surface area (Å²) in [5, 5.41) is 0.425. The van der Waals surface area contributed by atoms with E-state index in [0.29, 0.717) is 47.1 Å². The van der Waals surface area contributed by atoms with Crippen molar-refractivity contribution >= 4 is 22.7 Å². The van der Waals surface area contributed by atoms with Crippen molar-refractivity contribution in [3.8, 4) is 11.5 Å². The highest BCUT2D eigenvalue weighted by atomic mass is 16.5. The maximum atomic E-state index is 13.6. The van der Waals surface area contributed by atoms with Crippen LogP contribution in [-0.4, -0.2) is 24.1 Å². The fourth-order valence-corrected chi connectivity index (χ4v) is 4.31. The number of aromatic nitrogens is 1. The standard InChI is InChI=1S/C27H24N2O5/c1-4-32-20-12-11-17(14-21(20)33-5-2)24-23-25(30)18-8-6-7-9-19(18)34-26(23)27(31)29(24)22-13-10-16(3)15-28-22/h6-15,24H,4-5H2,1-3H3/t24-/m0/s1. The molecule has 5 rings (SSSR count). The Morgan fingerprint density at radius 2 is 1.74 bits per heavy atom. The first kappa shape index (κ1) is 21.7. The molecule has 1 amide bonds. The van der Waals surface area contributed by atoms with Gasteiger partial charge in [0.1, 0.15) is 11.4 Å². The van der Waals surface area contributed by atoms with E-state index < -0.39 is 11.9 Å². The first-order valence-corrected chi connectivity index (χ1v) is 11.2. The first-order chi connectivity index (χ1) is 16.5. The van der Waals surface area contributed by atoms with Gasteiger partial charge in [0, 0.05) is 6.20 Å². The molecule has 2 aromatic heterocycles. The number of fused-ring (bicyclic) bond motifs is 2. The molecule has 3 heterocycles. The van der Waals surface area contributed by atoms with Crippen LogP contribution in [0.25, 0.3) is 11.0 Å². The maximum absolute atomic E-state index is 13.6. The summed E-state index contributed by atoms with van der Waals surface area (Å²) in [6, 6.07) is 15.3. The number of ether oxygens (including phenoxy) is 2. The van der Waals surface area contributed by atoms with Crippen LogP contribution in [0.5, 0.6) is 11.5 Å². The van der Waals surface area contributed by atoms with E-state index in [1.807, 2.05) is 39.0 Å². The number of nitrogens with zero attached hydrogens (tertiary/aromatic N) is 2. The van der Waals surface area contributed by atoms with Crippen molar-refractivity contribution in [2.45, 2.75) is 26.8 Å². The summed E-state index contributed by atoms with van der Waals surface area (Å²) in [6.07, 6.45) is 1.69. The fraction of sp³-hybridized carbons (Fsp3) is 0.222. The lowest BCUT2D eigenvalue weighted by Gasteiger charge is -2.25. The van der Waals surface area contributed by atoms with Crippen LogP contribution in [0.2, 0.25) is 0 Å². The first-order valence-electron chi connectivity index (χ1n) is 11.2. The monoisotopic (exact) mass is 456 g/mol. The molecule has 7 heteroatoms. The predicted octanol–water partition coefficient (Wildman–Crippen LogP) is 5.04. The molecular formula is C27H24N2O5. The molecule has 1 aliphatic heterocycles. The van der Waals surface area contributed by atoms with E-state index in [1.54, 1.807) is 42.6 Å². The number of para-hydroxylation sites is 1. The highest BCUT2D eigenvalue weighted by molar-refractivity contribution is 6.10. The normalized spacial score (nSPS) is 15.0. The number of amides is 1. The Hall–Kier alpha value is -4.13. The zero-order chi connectivity index (χ0) is 23.8. The van der Waals surface area contributed by atoms with Crippen LogP contribution in [0.3, 0.4) is 0 Å². The van der Waals surface area contributed by atoms with Crippen molar-refractivity contribution in [3.63, 3.8) is 0 Å². The van der Waals surface area contributed by atoms with Gasteiger partial charge in [-0.3, -0.25) is 14.5 Å². The molecule has 0 saturated carbocycles. The molecule has 1 aliphatic rings. The number of anilines is 1. The van der Waals surface area contributed by atoms with Crippen LogP contribution < -0.4 is 19.8 Å². The summed E-state index contributed by atoms with van der Waals surface area (Å²) in [5.74, 6) is 1.20. The van der Waals surface area contributed by atoms with E-state index in [9.17, 15) is 9.59 Å². The quantitative estimate of drug-likeness (QED) is 0.404. The van der Waals surface area contributed by atoms with Gasteiger partial charge in [-0.15, -0.1) is 0 Å². The van der Waals surface area contributed by atoms with Gasteiger partial charge in [-0.25, -0.2) is 4.98 Å². The van der Waals surface area contributed by atoms with Gasteiger partial charge in [0.2, 0.25) is 5.76 Å². The zero-order valence-corrected chi connectivity index (χ0v) is 19.2. The summed E-state index contributed by atoms with van der Waals surface area (Å²) in [4.78, 5) is 33.3. The van der Waals surface area contributed by atoms with Crippen molar-refractivity contribution in [2.75, 3.05) is 18.1 Å². The number of benzene rings is 2. The van der Waals surface area contributed by atoms with E-state index in [-0.39, 0.29) is 16.8 Å². The third kappa shape index (κ3) is 3.50. The molecule has 34 heavy (non-hydrogen) atoms. The molecule has 0 unspecified atom stereocenters. The SMILES string of the molecule is CCOc1ccc([C@H]2c3c(oc4ccccc4c3=O)C(=O)N2c2ccc(C)cn2)cc1OCC. The lowest BCUT2D eigenvalue weighted by molar-refractivity contribution is 0.0970. The molecule has 0 fully saturated rings. The van der Waals surface area contributed by atoms with Crippen molar-refractivity contribution in [2.24, 2.45) is 0 Å². The Labute approximate surface area is 196 Å². The molecule has 0 N–H and O–H groups in total. The topological polar surface area (TPSA) is 81.9 Å². The second kappa shape index (κ2) is 8.67. The Kier molecular flexibility index (Phi) is 5.53. The molecule has 2 aromatic carbocycles. The summed E-state index contributed by atoms with van der Waals surface area (Å²) in [6.45, 7) is 6.64. The van der Waals surface area contributed by atoms with Gasteiger partial charge in [-0.2, -0.15) is 0 Å². The van der Waals surface area contributed by atoms with Gasteiger partial charge in [-0.05, 0) is 62.2 Å². The van der Waals surface area contributed by atoms with Gasteiger partial charge in [0.25, 0.3) is 5.91 Å². The minimum absolute atomic E-state index is 0.0305. The Morgan fingerprint density at radius 1 is 0.971 bits per heavy atom. The molecule has 172 valence electrons. The molecule has 0 aliphatic carbocycles. The number of hydrogen-bond donors (Lipinski definition) is 0. The van der Waals surface area contributed by atoms with Gasteiger partial charge >= 0.3 is 0 Å². The summed E-state index contributed by atoms with van der Waals surface area (Å²) in [5.41, 5.74) is 2.08. The van der Waals surface area contributed by atoms with E-state index in [1.165, 1.54) is 4.90 Å². The van der Waals surface area contributed by atoms with Gasteiger partial charge in [0.05, 0.1) is 30.2 Å². The average molecular weight is 456 g/mol. The highest BCUT2D eigenvalue weighted by Crippen LogP contribution is 2.42. The average Bonchev–Trinajstić information content (AvgIpc) is 3.14. The minimum Gasteiger partial charge on any atom is -0.490 e. The third-order valence-corrected chi connectivity index (χ3v) is 5.80. The molecule has 0 spiro atoms. The van der Waals surface area contributed by atoms with Crippen LogP contribution in [0.15, 0.2) is 70.0 Å². The van der Waals surface area contributed by atoms with Gasteiger partial charge in [0.15, 0.2) is 16.9 Å². The van der Waals surface area contributed by atoms with Gasteiger partial charge in [-0.1, -0.05) is 24.3 Å². The Morgan fingerprint density at radius 3 is 2.47 bits per heavy atom. The van der Waals surface area contributed by atoms with Crippen LogP contribution in [-0.2, 0) is 0 Å². The second-order valence-electron chi connectivity index (χ2n) is 8.01. The minimum atomic E-state index is -0.728. The molecule has 7 nitrogen and oxygen atoms in total. The maximum Gasteiger partial charge on any atom is 0.296 e. The number of hydrogen-bond acceptors (Lipinski definition) is 6. The number of rotatable bonds is 6. The summed E-state index contributed by atoms with van der Waals surface area (Å²) in [7, 11) is 0. The Bertz CT molecular complexity index is 1440. The lowest BCUT2D eigenvalue weighted by Crippen LogP contribution is -2.30. The zero-order valence-electron chi connectivity index (χ0n) is 19.2. The van der Waals surface area contributed by atoms with Crippen molar-refractivity contribution < 1.29 is 18.7 Å². The number of aryl methyl sites for hydroxylation is 1. The van der Waals surface area contributed by atoms with Crippen molar-refractivity contribution in [1.82, 2.24) is 4.98 Å². The smallest absolute Gasteiger partial charge is 0.296 e. The molecule has 1 atom stereocenters.